The molecule has 128 valence electrons. The molecule has 1 aromatic heterocycles. The molecule has 0 aliphatic carbocycles. The van der Waals surface area contributed by atoms with E-state index in [1.807, 2.05) is 11.8 Å². The number of rotatable bonds is 4. The first-order valence-corrected chi connectivity index (χ1v) is 10.3. The molecule has 2 fully saturated rings. The average molecular weight is 358 g/mol. The lowest BCUT2D eigenvalue weighted by Gasteiger charge is -2.34. The molecule has 1 aromatic rings. The maximum Gasteiger partial charge on any atom is 0.252 e. The van der Waals surface area contributed by atoms with Gasteiger partial charge in [-0.2, -0.15) is 4.31 Å². The Morgan fingerprint density at radius 3 is 2.74 bits per heavy atom. The highest BCUT2D eigenvalue weighted by molar-refractivity contribution is 7.91. The zero-order valence-electron chi connectivity index (χ0n) is 13.3. The third kappa shape index (κ3) is 3.60. The highest BCUT2D eigenvalue weighted by Gasteiger charge is 2.29. The van der Waals surface area contributed by atoms with Gasteiger partial charge in [0.25, 0.3) is 10.0 Å². The van der Waals surface area contributed by atoms with Crippen LogP contribution in [0, 0.1) is 0 Å². The van der Waals surface area contributed by atoms with Crippen LogP contribution >= 0.6 is 11.3 Å². The molecule has 0 radical (unpaired) electrons. The minimum absolute atomic E-state index is 0.0750. The van der Waals surface area contributed by atoms with Crippen molar-refractivity contribution in [1.29, 1.82) is 0 Å². The second kappa shape index (κ2) is 6.88. The highest BCUT2D eigenvalue weighted by atomic mass is 32.2. The van der Waals surface area contributed by atoms with E-state index in [-0.39, 0.29) is 18.4 Å². The highest BCUT2D eigenvalue weighted by Crippen LogP contribution is 2.28. The molecule has 0 unspecified atom stereocenters. The largest absolute Gasteiger partial charge is 0.337 e. The van der Waals surface area contributed by atoms with Crippen LogP contribution in [-0.2, 0) is 21.2 Å². The quantitative estimate of drug-likeness (QED) is 0.869. The molecule has 3 heterocycles. The molecule has 23 heavy (non-hydrogen) atoms. The van der Waals surface area contributed by atoms with Crippen LogP contribution in [0.4, 0.5) is 0 Å². The maximum atomic E-state index is 12.5. The fraction of sp³-hybridized carbons (Fsp3) is 0.667. The molecule has 2 aliphatic rings. The van der Waals surface area contributed by atoms with Gasteiger partial charge in [-0.15, -0.1) is 11.3 Å². The van der Waals surface area contributed by atoms with Crippen molar-refractivity contribution in [2.45, 2.75) is 36.4 Å². The van der Waals surface area contributed by atoms with Crippen LogP contribution < -0.4 is 5.32 Å². The molecular formula is C15H23N3O3S2. The van der Waals surface area contributed by atoms with E-state index in [9.17, 15) is 13.2 Å². The van der Waals surface area contributed by atoms with Gasteiger partial charge in [-0.3, -0.25) is 4.79 Å². The van der Waals surface area contributed by atoms with Crippen LogP contribution in [-0.4, -0.2) is 62.3 Å². The molecule has 0 saturated carbocycles. The second-order valence-electron chi connectivity index (χ2n) is 6.15. The first-order chi connectivity index (χ1) is 11.0. The average Bonchev–Trinajstić information content (AvgIpc) is 3.19. The number of thiophene rings is 1. The Hall–Kier alpha value is -0.960. The summed E-state index contributed by atoms with van der Waals surface area (Å²) in [7, 11) is -3.37. The van der Waals surface area contributed by atoms with Crippen molar-refractivity contribution < 1.29 is 13.2 Å². The molecule has 1 N–H and O–H groups in total. The third-order valence-electron chi connectivity index (χ3n) is 4.44. The van der Waals surface area contributed by atoms with E-state index in [4.69, 9.17) is 0 Å². The van der Waals surface area contributed by atoms with Crippen molar-refractivity contribution in [2.75, 3.05) is 32.7 Å². The van der Waals surface area contributed by atoms with E-state index < -0.39 is 10.0 Å². The SMILES string of the molecule is C[C@H]1CNCCN1C(=O)Cc1ccc(S(=O)(=O)N2CCCC2)s1. The third-order valence-corrected chi connectivity index (χ3v) is 7.89. The molecule has 2 saturated heterocycles. The minimum atomic E-state index is -3.37. The summed E-state index contributed by atoms with van der Waals surface area (Å²) < 4.78 is 26.9. The Bertz CT molecular complexity index is 665. The molecule has 3 rings (SSSR count). The lowest BCUT2D eigenvalue weighted by molar-refractivity contribution is -0.133. The first kappa shape index (κ1) is 16.9. The monoisotopic (exact) mass is 357 g/mol. The number of carbonyl (C=O) groups is 1. The van der Waals surface area contributed by atoms with Crippen molar-refractivity contribution in [3.8, 4) is 0 Å². The van der Waals surface area contributed by atoms with Gasteiger partial charge in [0.15, 0.2) is 0 Å². The predicted octanol–water partition coefficient (Wildman–Crippen LogP) is 0.895. The second-order valence-corrected chi connectivity index (χ2v) is 9.48. The summed E-state index contributed by atoms with van der Waals surface area (Å²) in [4.78, 5) is 15.1. The smallest absolute Gasteiger partial charge is 0.252 e. The summed E-state index contributed by atoms with van der Waals surface area (Å²) in [5, 5.41) is 3.26. The fourth-order valence-electron chi connectivity index (χ4n) is 3.11. The van der Waals surface area contributed by atoms with Crippen molar-refractivity contribution in [1.82, 2.24) is 14.5 Å². The van der Waals surface area contributed by atoms with Crippen molar-refractivity contribution in [3.05, 3.63) is 17.0 Å². The van der Waals surface area contributed by atoms with E-state index in [1.54, 1.807) is 16.4 Å². The summed E-state index contributed by atoms with van der Waals surface area (Å²) in [6.07, 6.45) is 2.14. The zero-order chi connectivity index (χ0) is 16.4. The number of carbonyl (C=O) groups excluding carboxylic acids is 1. The van der Waals surface area contributed by atoms with Crippen LogP contribution in [0.3, 0.4) is 0 Å². The maximum absolute atomic E-state index is 12.5. The van der Waals surface area contributed by atoms with E-state index in [0.29, 0.717) is 23.8 Å². The van der Waals surface area contributed by atoms with Crippen LogP contribution in [0.5, 0.6) is 0 Å². The summed E-state index contributed by atoms with van der Waals surface area (Å²) in [6.45, 7) is 5.57. The number of sulfonamides is 1. The van der Waals surface area contributed by atoms with Crippen LogP contribution in [0.1, 0.15) is 24.6 Å². The van der Waals surface area contributed by atoms with E-state index >= 15 is 0 Å². The van der Waals surface area contributed by atoms with Gasteiger partial charge >= 0.3 is 0 Å². The Morgan fingerprint density at radius 2 is 2.04 bits per heavy atom. The Morgan fingerprint density at radius 1 is 1.30 bits per heavy atom. The number of hydrogen-bond acceptors (Lipinski definition) is 5. The van der Waals surface area contributed by atoms with Crippen LogP contribution in [0.25, 0.3) is 0 Å². The first-order valence-electron chi connectivity index (χ1n) is 8.07. The summed E-state index contributed by atoms with van der Waals surface area (Å²) >= 11 is 1.23. The molecule has 8 heteroatoms. The normalized spacial score (nSPS) is 23.3. The Kier molecular flexibility index (Phi) is 5.05. The Balaban J connectivity index is 1.68. The van der Waals surface area contributed by atoms with Gasteiger partial charge in [0.1, 0.15) is 4.21 Å². The van der Waals surface area contributed by atoms with Gasteiger partial charge in [0.2, 0.25) is 5.91 Å². The lowest BCUT2D eigenvalue weighted by Crippen LogP contribution is -2.52. The molecule has 0 aromatic carbocycles. The summed E-state index contributed by atoms with van der Waals surface area (Å²) in [5.41, 5.74) is 0. The standard InChI is InChI=1S/C15H23N3O3S2/c1-12-11-16-6-9-18(12)14(19)10-13-4-5-15(22-13)23(20,21)17-7-2-3-8-17/h4-5,12,16H,2-3,6-11H2,1H3/t12-/m0/s1. The molecule has 1 atom stereocenters. The minimum Gasteiger partial charge on any atom is -0.337 e. The van der Waals surface area contributed by atoms with Crippen molar-refractivity contribution in [2.24, 2.45) is 0 Å². The number of piperazine rings is 1. The molecule has 2 aliphatic heterocycles. The Labute approximate surface area is 141 Å². The summed E-state index contributed by atoms with van der Waals surface area (Å²) in [5.74, 6) is 0.0750. The molecule has 1 amide bonds. The number of nitrogens with zero attached hydrogens (tertiary/aromatic N) is 2. The molecular weight excluding hydrogens is 334 g/mol. The van der Waals surface area contributed by atoms with Gasteiger partial charge in [0.05, 0.1) is 6.42 Å². The lowest BCUT2D eigenvalue weighted by atomic mass is 10.2. The van der Waals surface area contributed by atoms with E-state index in [2.05, 4.69) is 5.32 Å². The summed E-state index contributed by atoms with van der Waals surface area (Å²) in [6, 6.07) is 3.60. The van der Waals surface area contributed by atoms with E-state index in [0.717, 1.165) is 30.8 Å². The number of hydrogen-bond donors (Lipinski definition) is 1. The van der Waals surface area contributed by atoms with Crippen molar-refractivity contribution in [3.63, 3.8) is 0 Å². The van der Waals surface area contributed by atoms with Crippen LogP contribution in [0.2, 0.25) is 0 Å². The van der Waals surface area contributed by atoms with Gasteiger partial charge in [0, 0.05) is 43.6 Å². The predicted molar refractivity (Wildman–Crippen MR) is 90.1 cm³/mol. The van der Waals surface area contributed by atoms with Crippen LogP contribution in [0.15, 0.2) is 16.3 Å². The zero-order valence-corrected chi connectivity index (χ0v) is 15.0. The number of amides is 1. The number of nitrogens with one attached hydrogen (secondary N) is 1. The topological polar surface area (TPSA) is 69.7 Å². The van der Waals surface area contributed by atoms with Crippen molar-refractivity contribution >= 4 is 27.3 Å². The van der Waals surface area contributed by atoms with Gasteiger partial charge < -0.3 is 10.2 Å². The fourth-order valence-corrected chi connectivity index (χ4v) is 6.13. The molecule has 6 nitrogen and oxygen atoms in total. The van der Waals surface area contributed by atoms with E-state index in [1.165, 1.54) is 11.3 Å². The van der Waals surface area contributed by atoms with Gasteiger partial charge in [-0.1, -0.05) is 0 Å². The molecule has 0 spiro atoms. The van der Waals surface area contributed by atoms with Gasteiger partial charge in [-0.05, 0) is 31.9 Å². The molecule has 0 bridgehead atoms. The van der Waals surface area contributed by atoms with Gasteiger partial charge in [-0.25, -0.2) is 8.42 Å².